The van der Waals surface area contributed by atoms with Crippen molar-refractivity contribution in [3.05, 3.63) is 161 Å². The van der Waals surface area contributed by atoms with E-state index in [1.807, 2.05) is 36.4 Å². The minimum absolute atomic E-state index is 0.00320. The number of aromatic carboxylic acids is 1. The van der Waals surface area contributed by atoms with E-state index in [4.69, 9.17) is 4.74 Å². The first kappa shape index (κ1) is 33.2. The molecule has 5 aromatic carbocycles. The van der Waals surface area contributed by atoms with Gasteiger partial charge >= 0.3 is 5.97 Å². The van der Waals surface area contributed by atoms with Crippen molar-refractivity contribution in [2.75, 3.05) is 17.7 Å². The Morgan fingerprint density at radius 2 is 1.33 bits per heavy atom. The molecule has 0 bridgehead atoms. The van der Waals surface area contributed by atoms with Crippen LogP contribution in [0.2, 0.25) is 0 Å². The molecule has 0 spiro atoms. The Hall–Kier alpha value is -6.13. The fraction of sp³-hybridized carbons (Fsp3) is 0.0526. The van der Waals surface area contributed by atoms with E-state index in [0.29, 0.717) is 33.1 Å². The summed E-state index contributed by atoms with van der Waals surface area (Å²) in [5.74, 6) is -1.95. The Balaban J connectivity index is 1.39. The SMILES string of the molecule is COc1ccccc1/C=C(/NC(=O)c1ccccc1)C(=O)Nc1cccc(SC(C(=O)Nc2cccc(C(=O)O)c2)c2ccccc2)c1. The third-order valence-corrected chi connectivity index (χ3v) is 8.28. The number of carbonyl (C=O) groups excluding carboxylic acids is 3. The molecule has 4 N–H and O–H groups in total. The van der Waals surface area contributed by atoms with Crippen LogP contribution in [0, 0.1) is 0 Å². The number of benzene rings is 5. The zero-order valence-electron chi connectivity index (χ0n) is 25.8. The molecule has 9 nitrogen and oxygen atoms in total. The number of carbonyl (C=O) groups is 4. The van der Waals surface area contributed by atoms with E-state index >= 15 is 0 Å². The van der Waals surface area contributed by atoms with Gasteiger partial charge in [-0.3, -0.25) is 14.4 Å². The number of carboxylic acid groups (broad SMARTS) is 1. The van der Waals surface area contributed by atoms with Crippen LogP contribution < -0.4 is 20.7 Å². The van der Waals surface area contributed by atoms with Gasteiger partial charge in [-0.25, -0.2) is 4.79 Å². The van der Waals surface area contributed by atoms with Crippen LogP contribution in [-0.2, 0) is 9.59 Å². The predicted molar refractivity (Wildman–Crippen MR) is 187 cm³/mol. The highest BCUT2D eigenvalue weighted by atomic mass is 32.2. The molecule has 240 valence electrons. The smallest absolute Gasteiger partial charge is 0.335 e. The molecule has 0 saturated carbocycles. The van der Waals surface area contributed by atoms with Gasteiger partial charge in [-0.2, -0.15) is 0 Å². The van der Waals surface area contributed by atoms with Gasteiger partial charge in [0.25, 0.3) is 11.8 Å². The average molecular weight is 658 g/mol. The first-order valence-electron chi connectivity index (χ1n) is 14.8. The Bertz CT molecular complexity index is 1960. The van der Waals surface area contributed by atoms with E-state index in [9.17, 15) is 24.3 Å². The van der Waals surface area contributed by atoms with E-state index < -0.39 is 23.0 Å². The summed E-state index contributed by atoms with van der Waals surface area (Å²) in [5, 5.41) is 17.1. The third kappa shape index (κ3) is 8.77. The van der Waals surface area contributed by atoms with Crippen LogP contribution in [0.1, 0.15) is 37.1 Å². The highest BCUT2D eigenvalue weighted by molar-refractivity contribution is 8.00. The highest BCUT2D eigenvalue weighted by Gasteiger charge is 2.23. The molecular weight excluding hydrogens is 626 g/mol. The molecule has 0 radical (unpaired) electrons. The molecule has 5 rings (SSSR count). The van der Waals surface area contributed by atoms with Crippen LogP contribution in [-0.4, -0.2) is 35.9 Å². The molecular formula is C38H31N3O6S. The molecule has 0 aliphatic carbocycles. The molecule has 0 saturated heterocycles. The lowest BCUT2D eigenvalue weighted by Crippen LogP contribution is -2.30. The number of methoxy groups -OCH3 is 1. The van der Waals surface area contributed by atoms with Crippen LogP contribution in [0.15, 0.2) is 144 Å². The lowest BCUT2D eigenvalue weighted by Gasteiger charge is -2.18. The van der Waals surface area contributed by atoms with Crippen molar-refractivity contribution in [1.29, 1.82) is 0 Å². The molecule has 5 aromatic rings. The van der Waals surface area contributed by atoms with Crippen molar-refractivity contribution in [3.63, 3.8) is 0 Å². The molecule has 3 amide bonds. The summed E-state index contributed by atoms with van der Waals surface area (Å²) < 4.78 is 5.45. The Labute approximate surface area is 281 Å². The summed E-state index contributed by atoms with van der Waals surface area (Å²) in [6.45, 7) is 0. The van der Waals surface area contributed by atoms with Crippen molar-refractivity contribution < 1.29 is 29.0 Å². The summed E-state index contributed by atoms with van der Waals surface area (Å²) >= 11 is 1.26. The molecule has 0 fully saturated rings. The van der Waals surface area contributed by atoms with Crippen molar-refractivity contribution in [2.24, 2.45) is 0 Å². The van der Waals surface area contributed by atoms with E-state index in [2.05, 4.69) is 16.0 Å². The second kappa shape index (κ2) is 15.9. The summed E-state index contributed by atoms with van der Waals surface area (Å²) in [6, 6.07) is 37.9. The molecule has 0 heterocycles. The summed E-state index contributed by atoms with van der Waals surface area (Å²) in [7, 11) is 1.52. The Kier molecular flexibility index (Phi) is 11.0. The zero-order valence-corrected chi connectivity index (χ0v) is 26.6. The zero-order chi connectivity index (χ0) is 33.9. The molecule has 1 atom stereocenters. The maximum atomic E-state index is 13.7. The molecule has 0 aliphatic heterocycles. The normalized spacial score (nSPS) is 11.6. The maximum Gasteiger partial charge on any atom is 0.335 e. The fourth-order valence-corrected chi connectivity index (χ4v) is 5.79. The fourth-order valence-electron chi connectivity index (χ4n) is 4.70. The number of hydrogen-bond acceptors (Lipinski definition) is 6. The molecule has 1 unspecified atom stereocenters. The summed E-state index contributed by atoms with van der Waals surface area (Å²) in [5.41, 5.74) is 2.55. The van der Waals surface area contributed by atoms with Crippen molar-refractivity contribution in [2.45, 2.75) is 10.1 Å². The van der Waals surface area contributed by atoms with Gasteiger partial charge in [0.15, 0.2) is 0 Å². The minimum atomic E-state index is -1.10. The monoisotopic (exact) mass is 657 g/mol. The Morgan fingerprint density at radius 3 is 2.04 bits per heavy atom. The number of para-hydroxylation sites is 1. The lowest BCUT2D eigenvalue weighted by molar-refractivity contribution is -0.116. The summed E-state index contributed by atoms with van der Waals surface area (Å²) in [4.78, 5) is 52.5. The standard InChI is InChI=1S/C38H31N3O6S/c1-47-33-21-9-8-16-27(33)23-32(41-35(42)26-14-6-3-7-15-26)36(43)39-30-19-11-20-31(24-30)48-34(25-12-4-2-5-13-25)37(44)40-29-18-10-17-28(22-29)38(45)46/h2-24,34H,1H3,(H,39,43)(H,40,44)(H,41,42)(H,45,46)/b32-23+. The van der Waals surface area contributed by atoms with Gasteiger partial charge in [-0.1, -0.05) is 78.9 Å². The second-order valence-electron chi connectivity index (χ2n) is 10.4. The van der Waals surface area contributed by atoms with Gasteiger partial charge in [0, 0.05) is 27.4 Å². The number of anilines is 2. The number of nitrogens with one attached hydrogen (secondary N) is 3. The van der Waals surface area contributed by atoms with Crippen LogP contribution in [0.25, 0.3) is 6.08 Å². The predicted octanol–water partition coefficient (Wildman–Crippen LogP) is 7.28. The molecule has 48 heavy (non-hydrogen) atoms. The summed E-state index contributed by atoms with van der Waals surface area (Å²) in [6.07, 6.45) is 1.54. The molecule has 0 aromatic heterocycles. The highest BCUT2D eigenvalue weighted by Crippen LogP contribution is 2.37. The lowest BCUT2D eigenvalue weighted by atomic mass is 10.1. The number of amides is 3. The first-order valence-corrected chi connectivity index (χ1v) is 15.7. The maximum absolute atomic E-state index is 13.7. The topological polar surface area (TPSA) is 134 Å². The quantitative estimate of drug-likeness (QED) is 0.0819. The van der Waals surface area contributed by atoms with Crippen molar-refractivity contribution in [1.82, 2.24) is 5.32 Å². The number of carboxylic acids is 1. The van der Waals surface area contributed by atoms with Gasteiger partial charge in [0.05, 0.1) is 12.7 Å². The number of hydrogen-bond donors (Lipinski definition) is 4. The van der Waals surface area contributed by atoms with E-state index in [1.165, 1.54) is 31.0 Å². The third-order valence-electron chi connectivity index (χ3n) is 7.03. The van der Waals surface area contributed by atoms with Crippen LogP contribution in [0.5, 0.6) is 5.75 Å². The number of rotatable bonds is 12. The minimum Gasteiger partial charge on any atom is -0.496 e. The van der Waals surface area contributed by atoms with Crippen LogP contribution in [0.3, 0.4) is 0 Å². The van der Waals surface area contributed by atoms with Gasteiger partial charge < -0.3 is 25.8 Å². The van der Waals surface area contributed by atoms with Crippen molar-refractivity contribution in [3.8, 4) is 5.75 Å². The molecule has 0 aliphatic rings. The second-order valence-corrected chi connectivity index (χ2v) is 11.6. The van der Waals surface area contributed by atoms with Gasteiger partial charge in [0.2, 0.25) is 5.91 Å². The number of ether oxygens (including phenoxy) is 1. The first-order chi connectivity index (χ1) is 23.3. The van der Waals surface area contributed by atoms with Crippen molar-refractivity contribution >= 4 is 52.9 Å². The van der Waals surface area contributed by atoms with E-state index in [0.717, 1.165) is 5.56 Å². The Morgan fingerprint density at radius 1 is 0.708 bits per heavy atom. The van der Waals surface area contributed by atoms with Gasteiger partial charge in [-0.15, -0.1) is 11.8 Å². The van der Waals surface area contributed by atoms with E-state index in [1.54, 1.807) is 91.0 Å². The van der Waals surface area contributed by atoms with Gasteiger partial charge in [-0.05, 0) is 66.2 Å². The van der Waals surface area contributed by atoms with E-state index in [-0.39, 0.29) is 17.2 Å². The number of thioether (sulfide) groups is 1. The van der Waals surface area contributed by atoms with Crippen LogP contribution in [0.4, 0.5) is 11.4 Å². The largest absolute Gasteiger partial charge is 0.496 e. The average Bonchev–Trinajstić information content (AvgIpc) is 3.11. The molecule has 10 heteroatoms. The van der Waals surface area contributed by atoms with Gasteiger partial charge in [0.1, 0.15) is 16.7 Å². The van der Waals surface area contributed by atoms with Crippen LogP contribution >= 0.6 is 11.8 Å².